The first-order valence-electron chi connectivity index (χ1n) is 7.67. The van der Waals surface area contributed by atoms with Crippen LogP contribution in [0.1, 0.15) is 18.5 Å². The molecule has 3 rings (SSSR count). The first kappa shape index (κ1) is 14.9. The van der Waals surface area contributed by atoms with Crippen molar-refractivity contribution >= 4 is 5.69 Å². The van der Waals surface area contributed by atoms with Crippen molar-refractivity contribution in [2.45, 2.75) is 13.0 Å². The fourth-order valence-electron chi connectivity index (χ4n) is 3.03. The lowest BCUT2D eigenvalue weighted by Gasteiger charge is -2.39. The van der Waals surface area contributed by atoms with Crippen LogP contribution in [0.25, 0.3) is 0 Å². The molecule has 116 valence electrons. The van der Waals surface area contributed by atoms with Gasteiger partial charge in [-0.05, 0) is 36.8 Å². The van der Waals surface area contributed by atoms with E-state index in [2.05, 4.69) is 16.7 Å². The highest BCUT2D eigenvalue weighted by Gasteiger charge is 2.23. The SMILES string of the molecule is C[C@H](c1ccc(F)cc1)N1CCN(c2ccccc2O)CC1. The molecule has 2 aromatic rings. The molecule has 1 N–H and O–H groups in total. The number of phenolic OH excluding ortho intramolecular Hbond substituents is 1. The first-order valence-corrected chi connectivity index (χ1v) is 7.67. The molecule has 4 heteroatoms. The highest BCUT2D eigenvalue weighted by molar-refractivity contribution is 5.57. The minimum Gasteiger partial charge on any atom is -0.506 e. The predicted molar refractivity (Wildman–Crippen MR) is 86.7 cm³/mol. The molecule has 3 nitrogen and oxygen atoms in total. The van der Waals surface area contributed by atoms with Gasteiger partial charge in [0.1, 0.15) is 11.6 Å². The van der Waals surface area contributed by atoms with Crippen LogP contribution < -0.4 is 4.90 Å². The van der Waals surface area contributed by atoms with Crippen molar-refractivity contribution < 1.29 is 9.50 Å². The van der Waals surface area contributed by atoms with Gasteiger partial charge in [-0.25, -0.2) is 4.39 Å². The van der Waals surface area contributed by atoms with Gasteiger partial charge in [-0.1, -0.05) is 24.3 Å². The van der Waals surface area contributed by atoms with Gasteiger partial charge in [0, 0.05) is 32.2 Å². The fourth-order valence-corrected chi connectivity index (χ4v) is 3.03. The number of para-hydroxylation sites is 2. The van der Waals surface area contributed by atoms with E-state index in [4.69, 9.17) is 0 Å². The van der Waals surface area contributed by atoms with Crippen LogP contribution in [0.4, 0.5) is 10.1 Å². The molecule has 0 bridgehead atoms. The Morgan fingerprint density at radius 1 is 0.955 bits per heavy atom. The standard InChI is InChI=1S/C18H21FN2O/c1-14(15-6-8-16(19)9-7-15)20-10-12-21(13-11-20)17-4-2-3-5-18(17)22/h2-9,14,22H,10-13H2,1H3/t14-/m1/s1. The Morgan fingerprint density at radius 3 is 2.23 bits per heavy atom. The van der Waals surface area contributed by atoms with Gasteiger partial charge >= 0.3 is 0 Å². The van der Waals surface area contributed by atoms with Crippen LogP contribution >= 0.6 is 0 Å². The molecule has 1 aliphatic heterocycles. The third-order valence-corrected chi connectivity index (χ3v) is 4.44. The monoisotopic (exact) mass is 300 g/mol. The second-order valence-electron chi connectivity index (χ2n) is 5.74. The molecular weight excluding hydrogens is 279 g/mol. The van der Waals surface area contributed by atoms with E-state index in [0.717, 1.165) is 37.4 Å². The lowest BCUT2D eigenvalue weighted by molar-refractivity contribution is 0.198. The summed E-state index contributed by atoms with van der Waals surface area (Å²) in [5.41, 5.74) is 2.04. The second-order valence-corrected chi connectivity index (χ2v) is 5.74. The Labute approximate surface area is 130 Å². The van der Waals surface area contributed by atoms with Crippen molar-refractivity contribution in [3.63, 3.8) is 0 Å². The number of hydrogen-bond acceptors (Lipinski definition) is 3. The summed E-state index contributed by atoms with van der Waals surface area (Å²) in [6.45, 7) is 5.76. The molecule has 0 aromatic heterocycles. The van der Waals surface area contributed by atoms with Crippen molar-refractivity contribution in [3.8, 4) is 5.75 Å². The summed E-state index contributed by atoms with van der Waals surface area (Å²) in [5, 5.41) is 9.95. The summed E-state index contributed by atoms with van der Waals surface area (Å²) in [6.07, 6.45) is 0. The van der Waals surface area contributed by atoms with Crippen molar-refractivity contribution in [3.05, 3.63) is 59.9 Å². The number of halogens is 1. The summed E-state index contributed by atoms with van der Waals surface area (Å²) < 4.78 is 13.0. The van der Waals surface area contributed by atoms with Crippen molar-refractivity contribution in [1.29, 1.82) is 0 Å². The van der Waals surface area contributed by atoms with Crippen LogP contribution in [0.3, 0.4) is 0 Å². The summed E-state index contributed by atoms with van der Waals surface area (Å²) in [6, 6.07) is 14.5. The van der Waals surface area contributed by atoms with Gasteiger partial charge in [-0.3, -0.25) is 4.90 Å². The zero-order chi connectivity index (χ0) is 15.5. The maximum absolute atomic E-state index is 13.0. The molecule has 22 heavy (non-hydrogen) atoms. The molecule has 1 aliphatic rings. The number of nitrogens with zero attached hydrogens (tertiary/aromatic N) is 2. The van der Waals surface area contributed by atoms with Gasteiger partial charge in [0.25, 0.3) is 0 Å². The molecule has 0 amide bonds. The Kier molecular flexibility index (Phi) is 4.29. The number of aromatic hydroxyl groups is 1. The number of hydrogen-bond donors (Lipinski definition) is 1. The van der Waals surface area contributed by atoms with Crippen LogP contribution in [-0.2, 0) is 0 Å². The van der Waals surface area contributed by atoms with Gasteiger partial charge in [0.05, 0.1) is 5.69 Å². The van der Waals surface area contributed by atoms with Crippen molar-refractivity contribution in [1.82, 2.24) is 4.90 Å². The number of benzene rings is 2. The van der Waals surface area contributed by atoms with E-state index in [-0.39, 0.29) is 11.9 Å². The van der Waals surface area contributed by atoms with Crippen LogP contribution in [-0.4, -0.2) is 36.2 Å². The van der Waals surface area contributed by atoms with E-state index in [1.807, 2.05) is 30.3 Å². The summed E-state index contributed by atoms with van der Waals surface area (Å²) in [5.74, 6) is 0.142. The van der Waals surface area contributed by atoms with Crippen LogP contribution in [0, 0.1) is 5.82 Å². The largest absolute Gasteiger partial charge is 0.506 e. The van der Waals surface area contributed by atoms with Gasteiger partial charge in [-0.15, -0.1) is 0 Å². The molecule has 1 atom stereocenters. The summed E-state index contributed by atoms with van der Waals surface area (Å²) in [7, 11) is 0. The molecule has 0 radical (unpaired) electrons. The Hall–Kier alpha value is -2.07. The Bertz CT molecular complexity index is 621. The van der Waals surface area contributed by atoms with Gasteiger partial charge in [-0.2, -0.15) is 0 Å². The smallest absolute Gasteiger partial charge is 0.138 e. The quantitative estimate of drug-likeness (QED) is 0.941. The van der Waals surface area contributed by atoms with Crippen molar-refractivity contribution in [2.24, 2.45) is 0 Å². The second kappa shape index (κ2) is 6.36. The molecule has 1 fully saturated rings. The summed E-state index contributed by atoms with van der Waals surface area (Å²) >= 11 is 0. The lowest BCUT2D eigenvalue weighted by Crippen LogP contribution is -2.47. The fraction of sp³-hybridized carbons (Fsp3) is 0.333. The van der Waals surface area contributed by atoms with E-state index >= 15 is 0 Å². The van der Waals surface area contributed by atoms with E-state index in [9.17, 15) is 9.50 Å². The van der Waals surface area contributed by atoms with Crippen LogP contribution in [0.2, 0.25) is 0 Å². The van der Waals surface area contributed by atoms with E-state index in [0.29, 0.717) is 5.75 Å². The first-order chi connectivity index (χ1) is 10.6. The molecule has 2 aromatic carbocycles. The maximum atomic E-state index is 13.0. The van der Waals surface area contributed by atoms with E-state index in [1.54, 1.807) is 6.07 Å². The number of rotatable bonds is 3. The third kappa shape index (κ3) is 3.07. The van der Waals surface area contributed by atoms with Crippen LogP contribution in [0.15, 0.2) is 48.5 Å². The Morgan fingerprint density at radius 2 is 1.59 bits per heavy atom. The number of anilines is 1. The maximum Gasteiger partial charge on any atom is 0.138 e. The summed E-state index contributed by atoms with van der Waals surface area (Å²) in [4.78, 5) is 4.60. The average molecular weight is 300 g/mol. The number of piperazine rings is 1. The van der Waals surface area contributed by atoms with Gasteiger partial charge in [0.15, 0.2) is 0 Å². The molecule has 1 heterocycles. The lowest BCUT2D eigenvalue weighted by atomic mass is 10.1. The highest BCUT2D eigenvalue weighted by atomic mass is 19.1. The zero-order valence-corrected chi connectivity index (χ0v) is 12.7. The Balaban J connectivity index is 1.64. The number of phenols is 1. The predicted octanol–water partition coefficient (Wildman–Crippen LogP) is 3.41. The van der Waals surface area contributed by atoms with E-state index < -0.39 is 0 Å². The molecular formula is C18H21FN2O. The van der Waals surface area contributed by atoms with E-state index in [1.165, 1.54) is 12.1 Å². The third-order valence-electron chi connectivity index (χ3n) is 4.44. The molecule has 0 spiro atoms. The molecule has 0 unspecified atom stereocenters. The van der Waals surface area contributed by atoms with Gasteiger partial charge in [0.2, 0.25) is 0 Å². The zero-order valence-electron chi connectivity index (χ0n) is 12.7. The van der Waals surface area contributed by atoms with Crippen molar-refractivity contribution in [2.75, 3.05) is 31.1 Å². The highest BCUT2D eigenvalue weighted by Crippen LogP contribution is 2.29. The normalized spacial score (nSPS) is 17.5. The topological polar surface area (TPSA) is 26.7 Å². The minimum atomic E-state index is -0.194. The molecule has 0 aliphatic carbocycles. The molecule has 0 saturated carbocycles. The molecule has 1 saturated heterocycles. The minimum absolute atomic E-state index is 0.194. The average Bonchev–Trinajstić information content (AvgIpc) is 2.56. The van der Waals surface area contributed by atoms with Crippen LogP contribution in [0.5, 0.6) is 5.75 Å². The van der Waals surface area contributed by atoms with Gasteiger partial charge < -0.3 is 10.0 Å².